The SMILES string of the molecule is C=Cc1cccc2[nH]c(CCc3ccc4ccccc4c3)nc12. The first-order chi connectivity index (χ1) is 11.3. The molecule has 2 heteroatoms. The van der Waals surface area contributed by atoms with Crippen molar-refractivity contribution in [3.8, 4) is 0 Å². The van der Waals surface area contributed by atoms with E-state index in [0.717, 1.165) is 35.3 Å². The highest BCUT2D eigenvalue weighted by Crippen LogP contribution is 2.20. The molecule has 0 atom stereocenters. The molecule has 0 aliphatic heterocycles. The van der Waals surface area contributed by atoms with Gasteiger partial charge < -0.3 is 4.98 Å². The van der Waals surface area contributed by atoms with Crippen molar-refractivity contribution in [3.63, 3.8) is 0 Å². The minimum Gasteiger partial charge on any atom is -0.342 e. The average Bonchev–Trinajstić information content (AvgIpc) is 3.02. The Kier molecular flexibility index (Phi) is 3.43. The Bertz CT molecular complexity index is 995. The van der Waals surface area contributed by atoms with Crippen LogP contribution in [0.25, 0.3) is 27.9 Å². The first-order valence-corrected chi connectivity index (χ1v) is 7.91. The van der Waals surface area contributed by atoms with Crippen LogP contribution in [-0.4, -0.2) is 9.97 Å². The van der Waals surface area contributed by atoms with Crippen LogP contribution in [0.3, 0.4) is 0 Å². The van der Waals surface area contributed by atoms with Crippen molar-refractivity contribution >= 4 is 27.9 Å². The van der Waals surface area contributed by atoms with Gasteiger partial charge in [0.05, 0.1) is 11.0 Å². The molecule has 23 heavy (non-hydrogen) atoms. The first kappa shape index (κ1) is 13.8. The van der Waals surface area contributed by atoms with Gasteiger partial charge in [0, 0.05) is 12.0 Å². The summed E-state index contributed by atoms with van der Waals surface area (Å²) in [5.74, 6) is 1.03. The van der Waals surface area contributed by atoms with Gasteiger partial charge in [-0.25, -0.2) is 4.98 Å². The number of aromatic amines is 1. The summed E-state index contributed by atoms with van der Waals surface area (Å²) in [6.07, 6.45) is 3.74. The van der Waals surface area contributed by atoms with Gasteiger partial charge in [0.25, 0.3) is 0 Å². The van der Waals surface area contributed by atoms with Crippen LogP contribution in [0.1, 0.15) is 17.0 Å². The second-order valence-electron chi connectivity index (χ2n) is 5.81. The summed E-state index contributed by atoms with van der Waals surface area (Å²) in [5, 5.41) is 2.58. The monoisotopic (exact) mass is 298 g/mol. The molecule has 4 aromatic rings. The van der Waals surface area contributed by atoms with Gasteiger partial charge in [0.1, 0.15) is 5.82 Å². The van der Waals surface area contributed by atoms with Gasteiger partial charge >= 0.3 is 0 Å². The highest BCUT2D eigenvalue weighted by molar-refractivity contribution is 5.85. The maximum absolute atomic E-state index is 4.73. The number of rotatable bonds is 4. The van der Waals surface area contributed by atoms with E-state index < -0.39 is 0 Å². The first-order valence-electron chi connectivity index (χ1n) is 7.91. The zero-order valence-electron chi connectivity index (χ0n) is 12.9. The van der Waals surface area contributed by atoms with Crippen LogP contribution in [0.15, 0.2) is 67.2 Å². The van der Waals surface area contributed by atoms with Gasteiger partial charge in [0.15, 0.2) is 0 Å². The van der Waals surface area contributed by atoms with E-state index >= 15 is 0 Å². The molecule has 0 amide bonds. The number of benzene rings is 3. The highest BCUT2D eigenvalue weighted by atomic mass is 14.9. The van der Waals surface area contributed by atoms with Crippen LogP contribution in [0.4, 0.5) is 0 Å². The van der Waals surface area contributed by atoms with Gasteiger partial charge in [-0.15, -0.1) is 0 Å². The maximum atomic E-state index is 4.73. The third-order valence-corrected chi connectivity index (χ3v) is 4.28. The molecule has 0 aliphatic carbocycles. The minimum absolute atomic E-state index is 0.906. The summed E-state index contributed by atoms with van der Waals surface area (Å²) < 4.78 is 0. The maximum Gasteiger partial charge on any atom is 0.107 e. The highest BCUT2D eigenvalue weighted by Gasteiger charge is 2.06. The van der Waals surface area contributed by atoms with Gasteiger partial charge in [0.2, 0.25) is 0 Å². The molecule has 0 aliphatic rings. The molecule has 2 nitrogen and oxygen atoms in total. The van der Waals surface area contributed by atoms with E-state index in [1.165, 1.54) is 16.3 Å². The van der Waals surface area contributed by atoms with E-state index in [1.807, 2.05) is 18.2 Å². The molecule has 3 aromatic carbocycles. The summed E-state index contributed by atoms with van der Waals surface area (Å²) in [7, 11) is 0. The van der Waals surface area contributed by atoms with E-state index in [1.54, 1.807) is 0 Å². The van der Waals surface area contributed by atoms with Gasteiger partial charge in [-0.3, -0.25) is 0 Å². The number of fused-ring (bicyclic) bond motifs is 2. The lowest BCUT2D eigenvalue weighted by molar-refractivity contribution is 0.891. The number of nitrogens with one attached hydrogen (secondary N) is 1. The molecule has 0 saturated heterocycles. The zero-order valence-corrected chi connectivity index (χ0v) is 12.9. The number of aromatic nitrogens is 2. The summed E-state index contributed by atoms with van der Waals surface area (Å²) in [5.41, 5.74) is 4.51. The van der Waals surface area contributed by atoms with Crippen LogP contribution in [0.2, 0.25) is 0 Å². The zero-order chi connectivity index (χ0) is 15.6. The number of imidazole rings is 1. The quantitative estimate of drug-likeness (QED) is 0.555. The Hall–Kier alpha value is -2.87. The molecular weight excluding hydrogens is 280 g/mol. The van der Waals surface area contributed by atoms with E-state index in [4.69, 9.17) is 4.98 Å². The van der Waals surface area contributed by atoms with Crippen LogP contribution in [0.5, 0.6) is 0 Å². The molecule has 0 bridgehead atoms. The largest absolute Gasteiger partial charge is 0.342 e. The molecule has 0 saturated carbocycles. The van der Waals surface area contributed by atoms with Gasteiger partial charge in [-0.2, -0.15) is 0 Å². The summed E-state index contributed by atoms with van der Waals surface area (Å²) >= 11 is 0. The van der Waals surface area contributed by atoms with Crippen molar-refractivity contribution in [3.05, 3.63) is 84.2 Å². The fourth-order valence-electron chi connectivity index (χ4n) is 3.05. The predicted octanol–water partition coefficient (Wildman–Crippen LogP) is 5.14. The number of nitrogens with zero attached hydrogens (tertiary/aromatic N) is 1. The second kappa shape index (κ2) is 5.73. The summed E-state index contributed by atoms with van der Waals surface area (Å²) in [6.45, 7) is 3.86. The van der Waals surface area contributed by atoms with Crippen molar-refractivity contribution < 1.29 is 0 Å². The van der Waals surface area contributed by atoms with Gasteiger partial charge in [-0.1, -0.05) is 67.3 Å². The number of hydrogen-bond acceptors (Lipinski definition) is 1. The molecule has 1 aromatic heterocycles. The van der Waals surface area contributed by atoms with E-state index in [0.29, 0.717) is 0 Å². The standard InChI is InChI=1S/C21H18N2/c1-2-16-8-5-9-19-21(16)23-20(22-19)13-11-15-10-12-17-6-3-4-7-18(17)14-15/h2-10,12,14H,1,11,13H2,(H,22,23). The topological polar surface area (TPSA) is 28.7 Å². The van der Waals surface area contributed by atoms with E-state index in [2.05, 4.69) is 60.1 Å². The summed E-state index contributed by atoms with van der Waals surface area (Å²) in [4.78, 5) is 8.15. The normalized spacial score (nSPS) is 11.1. The lowest BCUT2D eigenvalue weighted by atomic mass is 10.0. The Balaban J connectivity index is 1.59. The molecule has 1 heterocycles. The Labute approximate surface area is 135 Å². The molecule has 0 spiro atoms. The minimum atomic E-state index is 0.906. The van der Waals surface area contributed by atoms with E-state index in [-0.39, 0.29) is 0 Å². The van der Waals surface area contributed by atoms with Crippen molar-refractivity contribution in [2.24, 2.45) is 0 Å². The summed E-state index contributed by atoms with van der Waals surface area (Å²) in [6, 6.07) is 21.3. The number of hydrogen-bond donors (Lipinski definition) is 1. The number of H-pyrrole nitrogens is 1. The van der Waals surface area contributed by atoms with E-state index in [9.17, 15) is 0 Å². The van der Waals surface area contributed by atoms with Crippen LogP contribution >= 0.6 is 0 Å². The molecular formula is C21H18N2. The van der Waals surface area contributed by atoms with Crippen molar-refractivity contribution in [1.29, 1.82) is 0 Å². The van der Waals surface area contributed by atoms with Crippen LogP contribution in [-0.2, 0) is 12.8 Å². The lowest BCUT2D eigenvalue weighted by Gasteiger charge is -2.02. The Morgan fingerprint density at radius 1 is 0.913 bits per heavy atom. The average molecular weight is 298 g/mol. The van der Waals surface area contributed by atoms with Crippen molar-refractivity contribution in [1.82, 2.24) is 9.97 Å². The molecule has 112 valence electrons. The Morgan fingerprint density at radius 2 is 1.78 bits per heavy atom. The molecule has 4 rings (SSSR count). The van der Waals surface area contributed by atoms with Crippen LogP contribution in [0, 0.1) is 0 Å². The molecule has 0 unspecified atom stereocenters. The third kappa shape index (κ3) is 2.64. The predicted molar refractivity (Wildman–Crippen MR) is 97.5 cm³/mol. The molecule has 0 fully saturated rings. The molecule has 0 radical (unpaired) electrons. The van der Waals surface area contributed by atoms with Gasteiger partial charge in [-0.05, 0) is 28.8 Å². The lowest BCUT2D eigenvalue weighted by Crippen LogP contribution is -1.93. The fourth-order valence-corrected chi connectivity index (χ4v) is 3.05. The van der Waals surface area contributed by atoms with Crippen LogP contribution < -0.4 is 0 Å². The van der Waals surface area contributed by atoms with Crippen molar-refractivity contribution in [2.75, 3.05) is 0 Å². The number of aryl methyl sites for hydroxylation is 2. The Morgan fingerprint density at radius 3 is 2.65 bits per heavy atom. The fraction of sp³-hybridized carbons (Fsp3) is 0.0952. The number of para-hydroxylation sites is 1. The second-order valence-corrected chi connectivity index (χ2v) is 5.81. The molecule has 1 N–H and O–H groups in total. The smallest absolute Gasteiger partial charge is 0.107 e. The van der Waals surface area contributed by atoms with Crippen molar-refractivity contribution in [2.45, 2.75) is 12.8 Å². The third-order valence-electron chi connectivity index (χ3n) is 4.28.